The lowest BCUT2D eigenvalue weighted by molar-refractivity contribution is -0.196. The van der Waals surface area contributed by atoms with Crippen molar-refractivity contribution < 1.29 is 55.4 Å². The summed E-state index contributed by atoms with van der Waals surface area (Å²) in [5, 5.41) is 0. The zero-order chi connectivity index (χ0) is 15.7. The molecule has 0 radical (unpaired) electrons. The summed E-state index contributed by atoms with van der Waals surface area (Å²) in [7, 11) is -2.23. The maximum atomic E-state index is 12.9. The Bertz CT molecular complexity index is 457. The number of carbonyl (C=O) groups excluding carboxylic acids is 4. The Morgan fingerprint density at radius 2 is 1.60 bits per heavy atom. The average molecular weight is 302 g/mol. The van der Waals surface area contributed by atoms with E-state index in [0.717, 1.165) is 0 Å². The summed E-state index contributed by atoms with van der Waals surface area (Å²) in [6.45, 7) is 0. The van der Waals surface area contributed by atoms with Crippen LogP contribution in [0.15, 0.2) is 0 Å². The molecule has 1 saturated heterocycles. The highest BCUT2D eigenvalue weighted by Crippen LogP contribution is 2.25. The highest BCUT2D eigenvalue weighted by Gasteiger charge is 2.62. The van der Waals surface area contributed by atoms with Gasteiger partial charge in [-0.3, -0.25) is 0 Å². The maximum absolute atomic E-state index is 12.9. The number of methoxy groups -OCH3 is 1. The van der Waals surface area contributed by atoms with E-state index < -0.39 is 43.0 Å². The minimum Gasteiger partial charge on any atom is -0.464 e. The monoisotopic (exact) mass is 302 g/mol. The number of hydrogen-bond donors (Lipinski definition) is 0. The van der Waals surface area contributed by atoms with Gasteiger partial charge in [-0.25, -0.2) is 19.2 Å². The van der Waals surface area contributed by atoms with E-state index in [1.165, 1.54) is 0 Å². The lowest BCUT2D eigenvalue weighted by atomic mass is 10.1. The minimum atomic E-state index is -4.81. The van der Waals surface area contributed by atoms with Crippen LogP contribution in [0.25, 0.3) is 0 Å². The number of rotatable bonds is 3. The smallest absolute Gasteiger partial charge is 0.464 e. The first-order valence-corrected chi connectivity index (χ1v) is 4.50. The second-order valence-corrected chi connectivity index (χ2v) is 3.14. The van der Waals surface area contributed by atoms with Crippen LogP contribution in [-0.2, 0) is 37.9 Å². The van der Waals surface area contributed by atoms with Crippen LogP contribution in [0.4, 0.5) is 17.6 Å². The summed E-state index contributed by atoms with van der Waals surface area (Å²) in [5.41, 5.74) is 0. The molecule has 0 aromatic carbocycles. The van der Waals surface area contributed by atoms with Crippen LogP contribution < -0.4 is 0 Å². The van der Waals surface area contributed by atoms with Crippen LogP contribution in [0.2, 0.25) is 0 Å². The van der Waals surface area contributed by atoms with Crippen LogP contribution in [0.1, 0.15) is 0 Å². The molecule has 0 atom stereocenters. The van der Waals surface area contributed by atoms with Gasteiger partial charge in [0.2, 0.25) is 0 Å². The van der Waals surface area contributed by atoms with Crippen molar-refractivity contribution in [2.24, 2.45) is 0 Å². The molecule has 1 rings (SSSR count). The van der Waals surface area contributed by atoms with Gasteiger partial charge >= 0.3 is 43.0 Å². The summed E-state index contributed by atoms with van der Waals surface area (Å²) < 4.78 is 65.4. The van der Waals surface area contributed by atoms with Crippen LogP contribution >= 0.6 is 0 Å². The quantitative estimate of drug-likeness (QED) is 0.284. The van der Waals surface area contributed by atoms with Gasteiger partial charge < -0.3 is 18.7 Å². The Hall–Kier alpha value is -2.34. The van der Waals surface area contributed by atoms with Crippen molar-refractivity contribution in [2.45, 2.75) is 11.8 Å². The van der Waals surface area contributed by atoms with Gasteiger partial charge in [0.25, 0.3) is 0 Å². The van der Waals surface area contributed by atoms with Gasteiger partial charge in [-0.2, -0.15) is 17.6 Å². The van der Waals surface area contributed by atoms with E-state index in [1.807, 2.05) is 0 Å². The van der Waals surface area contributed by atoms with Crippen molar-refractivity contribution in [3.63, 3.8) is 0 Å². The summed E-state index contributed by atoms with van der Waals surface area (Å²) >= 11 is 0. The van der Waals surface area contributed by atoms with Gasteiger partial charge in [-0.15, -0.1) is 0 Å². The highest BCUT2D eigenvalue weighted by molar-refractivity contribution is 6.47. The molecule has 1 fully saturated rings. The molecule has 13 heteroatoms. The molecule has 0 aliphatic carbocycles. The zero-order valence-electron chi connectivity index (χ0n) is 9.36. The molecule has 1 aliphatic heterocycles. The fraction of sp³-hybridized carbons (Fsp3) is 0.429. The number of carbonyl (C=O) groups is 4. The van der Waals surface area contributed by atoms with Crippen LogP contribution in [0.3, 0.4) is 0 Å². The number of alkyl halides is 4. The van der Waals surface area contributed by atoms with Gasteiger partial charge in [0.15, 0.2) is 0 Å². The van der Waals surface area contributed by atoms with Crippen LogP contribution in [0.5, 0.6) is 0 Å². The highest BCUT2D eigenvalue weighted by atomic mass is 19.3. The van der Waals surface area contributed by atoms with Crippen molar-refractivity contribution in [3.8, 4) is 0 Å². The molecule has 110 valence electrons. The second-order valence-electron chi connectivity index (χ2n) is 3.14. The first-order valence-electron chi connectivity index (χ1n) is 4.50. The van der Waals surface area contributed by atoms with Crippen molar-refractivity contribution in [3.05, 3.63) is 0 Å². The molecular formula is C7H3BF4O8. The summed E-state index contributed by atoms with van der Waals surface area (Å²) in [6.07, 6.45) is 0. The molecule has 0 unspecified atom stereocenters. The Kier molecular flexibility index (Phi) is 3.91. The van der Waals surface area contributed by atoms with Crippen molar-refractivity contribution >= 4 is 31.2 Å². The fourth-order valence-corrected chi connectivity index (χ4v) is 0.851. The van der Waals surface area contributed by atoms with E-state index in [1.54, 1.807) is 0 Å². The molecule has 0 saturated carbocycles. The fourth-order valence-electron chi connectivity index (χ4n) is 0.851. The number of esters is 1. The zero-order valence-corrected chi connectivity index (χ0v) is 9.36. The standard InChI is InChI=1S/C7H3BF4O8/c1-17-2(13)6(9,10)3(14)18-8-19-4(15)7(11,12)5(16)20-8/h1H3. The van der Waals surface area contributed by atoms with E-state index in [0.29, 0.717) is 7.11 Å². The topological polar surface area (TPSA) is 105 Å². The number of ether oxygens (including phenoxy) is 1. The average Bonchev–Trinajstić information content (AvgIpc) is 2.35. The molecule has 1 aliphatic rings. The minimum absolute atomic E-state index is 0.532. The molecule has 0 spiro atoms. The third-order valence-corrected chi connectivity index (χ3v) is 1.82. The lowest BCUT2D eigenvalue weighted by Gasteiger charge is -2.23. The van der Waals surface area contributed by atoms with Gasteiger partial charge in [-0.1, -0.05) is 0 Å². The van der Waals surface area contributed by atoms with E-state index in [9.17, 15) is 36.7 Å². The van der Waals surface area contributed by atoms with E-state index in [4.69, 9.17) is 0 Å². The Labute approximate surface area is 107 Å². The molecule has 20 heavy (non-hydrogen) atoms. The molecule has 0 N–H and O–H groups in total. The van der Waals surface area contributed by atoms with Crippen LogP contribution in [0, 0.1) is 0 Å². The number of halogens is 4. The molecular weight excluding hydrogens is 299 g/mol. The SMILES string of the molecule is COC(=O)C(F)(F)C(=O)OB1OC(=O)C(F)(F)C(=O)O1. The molecule has 0 bridgehead atoms. The van der Waals surface area contributed by atoms with Gasteiger partial charge in [-0.05, 0) is 0 Å². The number of hydrogen-bond acceptors (Lipinski definition) is 8. The largest absolute Gasteiger partial charge is 0.870 e. The summed E-state index contributed by atoms with van der Waals surface area (Å²) in [6, 6.07) is 0. The van der Waals surface area contributed by atoms with E-state index >= 15 is 0 Å². The van der Waals surface area contributed by atoms with Gasteiger partial charge in [0.1, 0.15) is 0 Å². The molecule has 8 nitrogen and oxygen atoms in total. The molecule has 0 aromatic rings. The normalized spacial score (nSPS) is 17.9. The lowest BCUT2D eigenvalue weighted by Crippen LogP contribution is -2.54. The molecule has 0 aromatic heterocycles. The predicted octanol–water partition coefficient (Wildman–Crippen LogP) is -0.942. The Balaban J connectivity index is 2.76. The first kappa shape index (κ1) is 15.7. The van der Waals surface area contributed by atoms with E-state index in [2.05, 4.69) is 18.7 Å². The third kappa shape index (κ3) is 2.65. The molecule has 1 heterocycles. The van der Waals surface area contributed by atoms with Gasteiger partial charge in [0, 0.05) is 0 Å². The third-order valence-electron chi connectivity index (χ3n) is 1.82. The van der Waals surface area contributed by atoms with E-state index in [-0.39, 0.29) is 0 Å². The van der Waals surface area contributed by atoms with Crippen LogP contribution in [-0.4, -0.2) is 50.2 Å². The molecule has 0 amide bonds. The van der Waals surface area contributed by atoms with Crippen molar-refractivity contribution in [1.29, 1.82) is 0 Å². The van der Waals surface area contributed by atoms with Crippen molar-refractivity contribution in [1.82, 2.24) is 0 Å². The summed E-state index contributed by atoms with van der Waals surface area (Å²) in [5.74, 6) is -19.3. The first-order chi connectivity index (χ1) is 9.03. The Morgan fingerprint density at radius 3 is 2.00 bits per heavy atom. The maximum Gasteiger partial charge on any atom is 0.870 e. The predicted molar refractivity (Wildman–Crippen MR) is 45.9 cm³/mol. The summed E-state index contributed by atoms with van der Waals surface area (Å²) in [4.78, 5) is 42.6. The second kappa shape index (κ2) is 4.98. The van der Waals surface area contributed by atoms with Crippen molar-refractivity contribution in [2.75, 3.05) is 7.11 Å². The Morgan fingerprint density at radius 1 is 1.15 bits per heavy atom. The van der Waals surface area contributed by atoms with Gasteiger partial charge in [0.05, 0.1) is 7.11 Å².